The van der Waals surface area contributed by atoms with Gasteiger partial charge < -0.3 is 79.5 Å². The van der Waals surface area contributed by atoms with E-state index in [4.69, 9.17) is 28.4 Å². The van der Waals surface area contributed by atoms with Crippen LogP contribution in [0.4, 0.5) is 0 Å². The molecule has 276 valence electrons. The number of benzene rings is 1. The summed E-state index contributed by atoms with van der Waals surface area (Å²) in [5, 5.41) is 105. The Balaban J connectivity index is 1.31. The van der Waals surface area contributed by atoms with Crippen LogP contribution in [0.1, 0.15) is 24.8 Å². The topological polar surface area (TPSA) is 261 Å². The van der Waals surface area contributed by atoms with Crippen molar-refractivity contribution in [1.82, 2.24) is 4.90 Å². The van der Waals surface area contributed by atoms with E-state index in [-0.39, 0.29) is 0 Å². The minimum Gasteiger partial charge on any atom is -0.497 e. The van der Waals surface area contributed by atoms with Crippen molar-refractivity contribution in [1.29, 1.82) is 0 Å². The van der Waals surface area contributed by atoms with Gasteiger partial charge in [-0.15, -0.1) is 0 Å². The highest BCUT2D eigenvalue weighted by atomic mass is 16.8. The number of hydrogen-bond donors (Lipinski definition) is 10. The summed E-state index contributed by atoms with van der Waals surface area (Å²) in [6, 6.07) is 6.32. The van der Waals surface area contributed by atoms with Crippen LogP contribution in [-0.2, 0) is 23.7 Å². The van der Waals surface area contributed by atoms with Crippen LogP contribution < -0.4 is 4.74 Å². The Morgan fingerprint density at radius 2 is 1.45 bits per heavy atom. The Hall–Kier alpha value is -2.06. The van der Waals surface area contributed by atoms with Crippen molar-refractivity contribution in [2.75, 3.05) is 40.0 Å². The zero-order chi connectivity index (χ0) is 35.5. The fourth-order valence-electron chi connectivity index (χ4n) is 6.49. The van der Waals surface area contributed by atoms with Gasteiger partial charge in [0.25, 0.3) is 0 Å². The summed E-state index contributed by atoms with van der Waals surface area (Å²) in [7, 11) is 1.55. The molecule has 17 heteroatoms. The van der Waals surface area contributed by atoms with E-state index in [1.807, 2.05) is 4.90 Å². The number of ether oxygens (including phenoxy) is 6. The Bertz CT molecular complexity index is 1260. The molecule has 4 heterocycles. The summed E-state index contributed by atoms with van der Waals surface area (Å²) < 4.78 is 33.5. The predicted molar refractivity (Wildman–Crippen MR) is 163 cm³/mol. The van der Waals surface area contributed by atoms with Crippen molar-refractivity contribution < 1.29 is 79.5 Å². The number of piperidine rings is 1. The maximum absolute atomic E-state index is 11.1. The second-order valence-electron chi connectivity index (χ2n) is 12.7. The number of methoxy groups -OCH3 is 1. The molecule has 49 heavy (non-hydrogen) atoms. The highest BCUT2D eigenvalue weighted by Crippen LogP contribution is 2.36. The largest absolute Gasteiger partial charge is 0.497 e. The highest BCUT2D eigenvalue weighted by Gasteiger charge is 2.58. The van der Waals surface area contributed by atoms with Crippen molar-refractivity contribution in [3.8, 4) is 17.6 Å². The van der Waals surface area contributed by atoms with E-state index in [9.17, 15) is 51.1 Å². The maximum atomic E-state index is 11.1. The van der Waals surface area contributed by atoms with Crippen LogP contribution >= 0.6 is 0 Å². The van der Waals surface area contributed by atoms with E-state index in [0.29, 0.717) is 24.4 Å². The highest BCUT2D eigenvalue weighted by molar-refractivity contribution is 5.39. The lowest BCUT2D eigenvalue weighted by molar-refractivity contribution is -0.388. The van der Waals surface area contributed by atoms with Crippen LogP contribution in [0.3, 0.4) is 0 Å². The number of hydrogen-bond acceptors (Lipinski definition) is 17. The van der Waals surface area contributed by atoms with Gasteiger partial charge >= 0.3 is 0 Å². The molecule has 1 aromatic carbocycles. The normalized spacial score (nSPS) is 42.3. The molecule has 0 aliphatic carbocycles. The minimum atomic E-state index is -2.38. The van der Waals surface area contributed by atoms with Crippen LogP contribution in [0.5, 0.6) is 5.75 Å². The minimum absolute atomic E-state index is 0.620. The third-order valence-corrected chi connectivity index (χ3v) is 9.47. The van der Waals surface area contributed by atoms with Crippen molar-refractivity contribution in [2.24, 2.45) is 0 Å². The van der Waals surface area contributed by atoms with Crippen LogP contribution in [0, 0.1) is 11.8 Å². The Morgan fingerprint density at radius 3 is 2.06 bits per heavy atom. The molecular weight excluding hydrogens is 654 g/mol. The summed E-state index contributed by atoms with van der Waals surface area (Å²) in [6.45, 7) is -1.13. The first-order chi connectivity index (χ1) is 23.4. The first-order valence-electron chi connectivity index (χ1n) is 16.3. The van der Waals surface area contributed by atoms with E-state index >= 15 is 0 Å². The molecule has 5 rings (SSSR count). The number of aliphatic hydroxyl groups is 10. The number of aliphatic hydroxyl groups excluding tert-OH is 10. The smallest absolute Gasteiger partial charge is 0.224 e. The van der Waals surface area contributed by atoms with Gasteiger partial charge in [-0.25, -0.2) is 0 Å². The van der Waals surface area contributed by atoms with Crippen molar-refractivity contribution in [2.45, 2.75) is 111 Å². The number of likely N-dealkylation sites (tertiary alicyclic amines) is 1. The second-order valence-corrected chi connectivity index (χ2v) is 12.7. The van der Waals surface area contributed by atoms with Gasteiger partial charge in [-0.3, -0.25) is 4.90 Å². The molecule has 0 aromatic heterocycles. The molecule has 1 unspecified atom stereocenters. The van der Waals surface area contributed by atoms with Crippen LogP contribution in [0.25, 0.3) is 0 Å². The molecule has 0 saturated carbocycles. The maximum Gasteiger partial charge on any atom is 0.224 e. The Kier molecular flexibility index (Phi) is 12.9. The first kappa shape index (κ1) is 38.2. The van der Waals surface area contributed by atoms with Gasteiger partial charge in [0.2, 0.25) is 5.79 Å². The number of rotatable bonds is 10. The van der Waals surface area contributed by atoms with Gasteiger partial charge in [-0.05, 0) is 50.2 Å². The molecule has 10 N–H and O–H groups in total. The third kappa shape index (κ3) is 8.05. The molecule has 0 amide bonds. The molecule has 0 bridgehead atoms. The molecule has 0 radical (unpaired) electrons. The molecule has 4 saturated heterocycles. The molecule has 4 aliphatic rings. The molecule has 4 aliphatic heterocycles. The van der Waals surface area contributed by atoms with Crippen molar-refractivity contribution in [3.63, 3.8) is 0 Å². The standard InChI is InChI=1S/C32H47NO16/c1-44-17-8-5-16(6-9-17)7-10-18(33-11-3-2-4-12-33)28-25(40)24(39)26(41)30(47-28)45-14-20-21(36)23(38)27(42)31(46-20)49-32(15-35)29(43)22(37)19(13-34)48-32/h5-6,8-9,18-31,34-43H,2-4,11-15H2,1H3/t18?,19-,20-,21-,22-,23+,24+,25-,26-,27-,28-,29+,30+,31-,32+/m1/s1. The average Bonchev–Trinajstić information content (AvgIpc) is 3.37. The lowest BCUT2D eigenvalue weighted by Crippen LogP contribution is -2.65. The van der Waals surface area contributed by atoms with E-state index in [0.717, 1.165) is 19.3 Å². The second kappa shape index (κ2) is 16.5. The monoisotopic (exact) mass is 701 g/mol. The Morgan fingerprint density at radius 1 is 0.796 bits per heavy atom. The molecular formula is C32H47NO16. The van der Waals surface area contributed by atoms with Crippen LogP contribution in [0.15, 0.2) is 24.3 Å². The van der Waals surface area contributed by atoms with E-state index in [1.165, 1.54) is 0 Å². The fourth-order valence-corrected chi connectivity index (χ4v) is 6.49. The molecule has 17 nitrogen and oxygen atoms in total. The summed E-state index contributed by atoms with van der Waals surface area (Å²) in [4.78, 5) is 2.03. The van der Waals surface area contributed by atoms with Gasteiger partial charge in [-0.2, -0.15) is 0 Å². The lowest BCUT2D eigenvalue weighted by atomic mass is 9.92. The van der Waals surface area contributed by atoms with Gasteiger partial charge in [0.1, 0.15) is 85.5 Å². The molecule has 1 aromatic rings. The van der Waals surface area contributed by atoms with E-state index in [1.54, 1.807) is 31.4 Å². The fraction of sp³-hybridized carbons (Fsp3) is 0.750. The summed E-state index contributed by atoms with van der Waals surface area (Å²) >= 11 is 0. The Labute approximate surface area is 282 Å². The molecule has 0 spiro atoms. The number of nitrogens with zero attached hydrogens (tertiary/aromatic N) is 1. The average molecular weight is 702 g/mol. The summed E-state index contributed by atoms with van der Waals surface area (Å²) in [6.07, 6.45) is -19.0. The van der Waals surface area contributed by atoms with Gasteiger partial charge in [0.05, 0.1) is 20.3 Å². The van der Waals surface area contributed by atoms with Gasteiger partial charge in [0, 0.05) is 5.56 Å². The van der Waals surface area contributed by atoms with E-state index < -0.39 is 111 Å². The molecule has 4 fully saturated rings. The predicted octanol–water partition coefficient (Wildman–Crippen LogP) is -4.65. The van der Waals surface area contributed by atoms with E-state index in [2.05, 4.69) is 11.8 Å². The lowest BCUT2D eigenvalue weighted by Gasteiger charge is -2.46. The zero-order valence-electron chi connectivity index (χ0n) is 26.9. The zero-order valence-corrected chi connectivity index (χ0v) is 26.9. The summed E-state index contributed by atoms with van der Waals surface area (Å²) in [5.41, 5.74) is 0.669. The van der Waals surface area contributed by atoms with Crippen LogP contribution in [-0.4, -0.2) is 188 Å². The van der Waals surface area contributed by atoms with Crippen molar-refractivity contribution in [3.05, 3.63) is 29.8 Å². The SMILES string of the molecule is COc1ccc(C#CC([C@H]2O[C@H](OC[C@H]3O[C@H](O[C@]4(CO)O[C@H](CO)[C@@H](O)[C@@H]4O)[C@H](O)[C@@H](O)[C@@H]3O)[C@H](O)[C@@H](O)[C@H]2O)N2CCCCC2)cc1. The van der Waals surface area contributed by atoms with Crippen molar-refractivity contribution >= 4 is 0 Å². The quantitative estimate of drug-likeness (QED) is 0.103. The third-order valence-electron chi connectivity index (χ3n) is 9.47. The molecule has 15 atom stereocenters. The van der Waals surface area contributed by atoms with Gasteiger partial charge in [-0.1, -0.05) is 18.3 Å². The first-order valence-corrected chi connectivity index (χ1v) is 16.3. The van der Waals surface area contributed by atoms with Crippen LogP contribution in [0.2, 0.25) is 0 Å². The van der Waals surface area contributed by atoms with Gasteiger partial charge in [0.15, 0.2) is 12.6 Å². The summed E-state index contributed by atoms with van der Waals surface area (Å²) in [5.74, 6) is 4.52.